The number of hydrogen-bond acceptors (Lipinski definition) is 4. The van der Waals surface area contributed by atoms with Crippen LogP contribution in [0.3, 0.4) is 0 Å². The predicted octanol–water partition coefficient (Wildman–Crippen LogP) is 1.98. The van der Waals surface area contributed by atoms with Gasteiger partial charge in [-0.1, -0.05) is 0 Å². The molecule has 1 aliphatic rings. The minimum Gasteiger partial charge on any atom is -0.497 e. The second-order valence-corrected chi connectivity index (χ2v) is 5.82. The predicted molar refractivity (Wildman–Crippen MR) is 86.3 cm³/mol. The fourth-order valence-corrected chi connectivity index (χ4v) is 2.75. The molecule has 0 radical (unpaired) electrons. The third kappa shape index (κ3) is 3.53. The summed E-state index contributed by atoms with van der Waals surface area (Å²) in [6, 6.07) is 7.49. The number of methoxy groups -OCH3 is 1. The number of nitrogens with zero attached hydrogens (tertiary/aromatic N) is 1. The SMILES string of the molecule is COc1ccc(-c2[nH]ncc2C(=O)NC(CCO)C2CC2)cc1. The van der Waals surface area contributed by atoms with Gasteiger partial charge in [-0.15, -0.1) is 0 Å². The Morgan fingerprint density at radius 2 is 2.17 bits per heavy atom. The summed E-state index contributed by atoms with van der Waals surface area (Å²) in [5.41, 5.74) is 2.07. The number of aliphatic hydroxyl groups is 1. The number of ether oxygens (including phenoxy) is 1. The number of rotatable bonds is 7. The third-order valence-corrected chi connectivity index (χ3v) is 4.21. The van der Waals surface area contributed by atoms with E-state index in [1.54, 1.807) is 7.11 Å². The van der Waals surface area contributed by atoms with Crippen LogP contribution >= 0.6 is 0 Å². The largest absolute Gasteiger partial charge is 0.497 e. The lowest BCUT2D eigenvalue weighted by Gasteiger charge is -2.17. The smallest absolute Gasteiger partial charge is 0.255 e. The van der Waals surface area contributed by atoms with E-state index in [1.165, 1.54) is 6.20 Å². The van der Waals surface area contributed by atoms with Crippen LogP contribution in [-0.4, -0.2) is 41.0 Å². The van der Waals surface area contributed by atoms with Crippen molar-refractivity contribution < 1.29 is 14.6 Å². The van der Waals surface area contributed by atoms with E-state index < -0.39 is 0 Å². The zero-order chi connectivity index (χ0) is 16.2. The molecule has 1 aromatic carbocycles. The molecule has 1 fully saturated rings. The zero-order valence-corrected chi connectivity index (χ0v) is 13.1. The molecule has 23 heavy (non-hydrogen) atoms. The molecule has 0 saturated heterocycles. The highest BCUT2D eigenvalue weighted by Crippen LogP contribution is 2.34. The van der Waals surface area contributed by atoms with Crippen LogP contribution in [0.5, 0.6) is 5.75 Å². The van der Waals surface area contributed by atoms with Gasteiger partial charge in [-0.3, -0.25) is 9.89 Å². The minimum atomic E-state index is -0.157. The molecular weight excluding hydrogens is 294 g/mol. The summed E-state index contributed by atoms with van der Waals surface area (Å²) < 4.78 is 5.15. The van der Waals surface area contributed by atoms with Crippen molar-refractivity contribution in [2.24, 2.45) is 5.92 Å². The van der Waals surface area contributed by atoms with Crippen LogP contribution in [-0.2, 0) is 0 Å². The first-order chi connectivity index (χ1) is 11.2. The van der Waals surface area contributed by atoms with Crippen molar-refractivity contribution in [2.75, 3.05) is 13.7 Å². The van der Waals surface area contributed by atoms with Gasteiger partial charge in [0.1, 0.15) is 5.75 Å². The number of nitrogens with one attached hydrogen (secondary N) is 2. The number of aliphatic hydroxyl groups excluding tert-OH is 1. The lowest BCUT2D eigenvalue weighted by atomic mass is 10.1. The van der Waals surface area contributed by atoms with Crippen LogP contribution < -0.4 is 10.1 Å². The summed E-state index contributed by atoms with van der Waals surface area (Å²) >= 11 is 0. The number of aromatic nitrogens is 2. The van der Waals surface area contributed by atoms with E-state index >= 15 is 0 Å². The number of amides is 1. The van der Waals surface area contributed by atoms with E-state index in [-0.39, 0.29) is 18.6 Å². The fourth-order valence-electron chi connectivity index (χ4n) is 2.75. The molecule has 6 heteroatoms. The van der Waals surface area contributed by atoms with Crippen molar-refractivity contribution in [3.63, 3.8) is 0 Å². The van der Waals surface area contributed by atoms with Gasteiger partial charge in [-0.2, -0.15) is 5.10 Å². The van der Waals surface area contributed by atoms with E-state index in [0.29, 0.717) is 23.6 Å². The molecule has 2 aromatic rings. The summed E-state index contributed by atoms with van der Waals surface area (Å²) in [5, 5.41) is 19.1. The summed E-state index contributed by atoms with van der Waals surface area (Å²) in [4.78, 5) is 12.6. The standard InChI is InChI=1S/C17H21N3O3/c1-23-13-6-4-12(5-7-13)16-14(10-18-20-16)17(22)19-15(8-9-21)11-2-3-11/h4-7,10-11,15,21H,2-3,8-9H2,1H3,(H,18,20)(H,19,22). The lowest BCUT2D eigenvalue weighted by Crippen LogP contribution is -2.37. The van der Waals surface area contributed by atoms with Crippen molar-refractivity contribution in [2.45, 2.75) is 25.3 Å². The molecule has 1 unspecified atom stereocenters. The Hall–Kier alpha value is -2.34. The number of carbonyl (C=O) groups excluding carboxylic acids is 1. The molecule has 1 heterocycles. The quantitative estimate of drug-likeness (QED) is 0.729. The Morgan fingerprint density at radius 1 is 1.43 bits per heavy atom. The van der Waals surface area contributed by atoms with E-state index in [1.807, 2.05) is 24.3 Å². The first-order valence-electron chi connectivity index (χ1n) is 7.82. The van der Waals surface area contributed by atoms with Gasteiger partial charge >= 0.3 is 0 Å². The normalized spacial score (nSPS) is 15.2. The van der Waals surface area contributed by atoms with Gasteiger partial charge in [0.2, 0.25) is 0 Å². The number of aromatic amines is 1. The van der Waals surface area contributed by atoms with E-state index in [0.717, 1.165) is 24.2 Å². The topological polar surface area (TPSA) is 87.2 Å². The number of H-pyrrole nitrogens is 1. The van der Waals surface area contributed by atoms with E-state index in [9.17, 15) is 4.79 Å². The number of hydrogen-bond donors (Lipinski definition) is 3. The van der Waals surface area contributed by atoms with Gasteiger partial charge in [0, 0.05) is 18.2 Å². The van der Waals surface area contributed by atoms with Gasteiger partial charge in [0.25, 0.3) is 5.91 Å². The summed E-state index contributed by atoms with van der Waals surface area (Å²) in [7, 11) is 1.61. The molecule has 1 aliphatic carbocycles. The van der Waals surface area contributed by atoms with Crippen molar-refractivity contribution in [1.82, 2.24) is 15.5 Å². The van der Waals surface area contributed by atoms with E-state index in [4.69, 9.17) is 9.84 Å². The van der Waals surface area contributed by atoms with Crippen molar-refractivity contribution in [3.05, 3.63) is 36.0 Å². The van der Waals surface area contributed by atoms with Crippen LogP contribution in [0.1, 0.15) is 29.6 Å². The van der Waals surface area contributed by atoms with Crippen LogP contribution in [0.4, 0.5) is 0 Å². The second-order valence-electron chi connectivity index (χ2n) is 5.82. The van der Waals surface area contributed by atoms with E-state index in [2.05, 4.69) is 15.5 Å². The van der Waals surface area contributed by atoms with Crippen LogP contribution in [0, 0.1) is 5.92 Å². The summed E-state index contributed by atoms with van der Waals surface area (Å²) in [6.45, 7) is 0.0815. The average Bonchev–Trinajstić information content (AvgIpc) is 3.31. The first kappa shape index (κ1) is 15.6. The maximum Gasteiger partial charge on any atom is 0.255 e. The molecular formula is C17H21N3O3. The van der Waals surface area contributed by atoms with Crippen molar-refractivity contribution >= 4 is 5.91 Å². The summed E-state index contributed by atoms with van der Waals surface area (Å²) in [5.74, 6) is 1.09. The highest BCUT2D eigenvalue weighted by molar-refractivity contribution is 5.99. The second kappa shape index (κ2) is 6.83. The molecule has 1 amide bonds. The molecule has 3 N–H and O–H groups in total. The Bertz CT molecular complexity index is 662. The molecule has 1 saturated carbocycles. The molecule has 0 bridgehead atoms. The molecule has 1 atom stereocenters. The molecule has 122 valence electrons. The average molecular weight is 315 g/mol. The highest BCUT2D eigenvalue weighted by Gasteiger charge is 2.32. The Balaban J connectivity index is 1.77. The maximum absolute atomic E-state index is 12.6. The molecule has 1 aromatic heterocycles. The lowest BCUT2D eigenvalue weighted by molar-refractivity contribution is 0.0925. The van der Waals surface area contributed by atoms with Gasteiger partial charge in [-0.05, 0) is 49.4 Å². The van der Waals surface area contributed by atoms with Crippen LogP contribution in [0.15, 0.2) is 30.5 Å². The Morgan fingerprint density at radius 3 is 2.78 bits per heavy atom. The Labute approximate surface area is 134 Å². The van der Waals surface area contributed by atoms with Crippen LogP contribution in [0.2, 0.25) is 0 Å². The van der Waals surface area contributed by atoms with Gasteiger partial charge in [-0.25, -0.2) is 0 Å². The van der Waals surface area contributed by atoms with Crippen LogP contribution in [0.25, 0.3) is 11.3 Å². The van der Waals surface area contributed by atoms with Crippen molar-refractivity contribution in [1.29, 1.82) is 0 Å². The van der Waals surface area contributed by atoms with Gasteiger partial charge in [0.15, 0.2) is 0 Å². The fraction of sp³-hybridized carbons (Fsp3) is 0.412. The molecule has 6 nitrogen and oxygen atoms in total. The van der Waals surface area contributed by atoms with Crippen molar-refractivity contribution in [3.8, 4) is 17.0 Å². The number of benzene rings is 1. The molecule has 0 spiro atoms. The molecule has 0 aliphatic heterocycles. The Kier molecular flexibility index (Phi) is 4.62. The number of carbonyl (C=O) groups is 1. The summed E-state index contributed by atoms with van der Waals surface area (Å²) in [6.07, 6.45) is 4.35. The maximum atomic E-state index is 12.6. The highest BCUT2D eigenvalue weighted by atomic mass is 16.5. The monoisotopic (exact) mass is 315 g/mol. The minimum absolute atomic E-state index is 0.0334. The first-order valence-corrected chi connectivity index (χ1v) is 7.82. The third-order valence-electron chi connectivity index (χ3n) is 4.21. The zero-order valence-electron chi connectivity index (χ0n) is 13.1. The van der Waals surface area contributed by atoms with Gasteiger partial charge < -0.3 is 15.2 Å². The van der Waals surface area contributed by atoms with Gasteiger partial charge in [0.05, 0.1) is 24.6 Å². The molecule has 3 rings (SSSR count).